The molecule has 6 rings (SSSR count). The minimum atomic E-state index is 0.826. The molecule has 2 aromatic heterocycles. The van der Waals surface area contributed by atoms with Crippen LogP contribution in [0.3, 0.4) is 0 Å². The lowest BCUT2D eigenvalue weighted by Crippen LogP contribution is -1.99. The summed E-state index contributed by atoms with van der Waals surface area (Å²) in [5.41, 5.74) is 3.15. The number of hydrogen-bond acceptors (Lipinski definition) is 2. The van der Waals surface area contributed by atoms with Crippen molar-refractivity contribution in [1.82, 2.24) is 14.8 Å². The van der Waals surface area contributed by atoms with Gasteiger partial charge >= 0.3 is 0 Å². The molecule has 0 aliphatic rings. The van der Waals surface area contributed by atoms with Crippen molar-refractivity contribution in [3.63, 3.8) is 0 Å². The Kier molecular flexibility index (Phi) is 3.31. The number of hydrogen-bond donors (Lipinski definition) is 0. The lowest BCUT2D eigenvalue weighted by Gasteiger charge is -2.08. The van der Waals surface area contributed by atoms with E-state index in [1.807, 2.05) is 18.2 Å². The molecule has 0 radical (unpaired) electrons. The van der Waals surface area contributed by atoms with Crippen LogP contribution in [0.5, 0.6) is 0 Å². The van der Waals surface area contributed by atoms with Crippen LogP contribution in [0.15, 0.2) is 89.4 Å². The van der Waals surface area contributed by atoms with Gasteiger partial charge in [-0.15, -0.1) is 10.2 Å². The SMILES string of the molecule is Brc1ccc2c3c4ccccc4ccc3n(-c3cc4ccccc4nn3)c2c1. The van der Waals surface area contributed by atoms with Crippen LogP contribution in [0.25, 0.3) is 49.3 Å². The van der Waals surface area contributed by atoms with Crippen LogP contribution in [-0.4, -0.2) is 14.8 Å². The van der Waals surface area contributed by atoms with Crippen molar-refractivity contribution >= 4 is 59.4 Å². The van der Waals surface area contributed by atoms with Crippen LogP contribution in [0.4, 0.5) is 0 Å². The highest BCUT2D eigenvalue weighted by Gasteiger charge is 2.16. The number of fused-ring (bicyclic) bond motifs is 6. The van der Waals surface area contributed by atoms with E-state index in [9.17, 15) is 0 Å². The minimum absolute atomic E-state index is 0.826. The summed E-state index contributed by atoms with van der Waals surface area (Å²) in [5.74, 6) is 0.826. The van der Waals surface area contributed by atoms with Gasteiger partial charge in [-0.25, -0.2) is 0 Å². The largest absolute Gasteiger partial charge is 0.292 e. The zero-order chi connectivity index (χ0) is 18.7. The highest BCUT2D eigenvalue weighted by atomic mass is 79.9. The molecule has 0 unspecified atom stereocenters. The summed E-state index contributed by atoms with van der Waals surface area (Å²) >= 11 is 3.64. The van der Waals surface area contributed by atoms with Crippen molar-refractivity contribution in [2.45, 2.75) is 0 Å². The molecule has 0 aliphatic carbocycles. The molecule has 132 valence electrons. The molecule has 0 amide bonds. The summed E-state index contributed by atoms with van der Waals surface area (Å²) in [5, 5.41) is 15.0. The van der Waals surface area contributed by atoms with E-state index < -0.39 is 0 Å². The van der Waals surface area contributed by atoms with Gasteiger partial charge in [0, 0.05) is 20.6 Å². The van der Waals surface area contributed by atoms with Gasteiger partial charge in [0.15, 0.2) is 5.82 Å². The summed E-state index contributed by atoms with van der Waals surface area (Å²) in [6.45, 7) is 0. The fourth-order valence-electron chi connectivity index (χ4n) is 4.09. The van der Waals surface area contributed by atoms with Gasteiger partial charge in [0.05, 0.1) is 16.6 Å². The molecule has 2 heterocycles. The predicted octanol–water partition coefficient (Wildman–Crippen LogP) is 6.64. The lowest BCUT2D eigenvalue weighted by molar-refractivity contribution is 0.981. The van der Waals surface area contributed by atoms with Gasteiger partial charge in [0.2, 0.25) is 0 Å². The second-order valence-corrected chi connectivity index (χ2v) is 7.85. The number of aromatic nitrogens is 3. The van der Waals surface area contributed by atoms with Gasteiger partial charge in [-0.2, -0.15) is 0 Å². The quantitative estimate of drug-likeness (QED) is 0.296. The summed E-state index contributed by atoms with van der Waals surface area (Å²) < 4.78 is 3.25. The van der Waals surface area contributed by atoms with Gasteiger partial charge in [0.1, 0.15) is 0 Å². The second-order valence-electron chi connectivity index (χ2n) is 6.94. The maximum absolute atomic E-state index is 4.56. The first-order valence-corrected chi connectivity index (χ1v) is 9.93. The monoisotopic (exact) mass is 423 g/mol. The van der Waals surface area contributed by atoms with Crippen molar-refractivity contribution in [1.29, 1.82) is 0 Å². The van der Waals surface area contributed by atoms with Gasteiger partial charge in [0.25, 0.3) is 0 Å². The Morgan fingerprint density at radius 2 is 1.46 bits per heavy atom. The Morgan fingerprint density at radius 3 is 2.39 bits per heavy atom. The Bertz CT molecular complexity index is 1530. The minimum Gasteiger partial charge on any atom is -0.292 e. The zero-order valence-corrected chi connectivity index (χ0v) is 16.4. The molecule has 0 spiro atoms. The van der Waals surface area contributed by atoms with Gasteiger partial charge in [-0.3, -0.25) is 4.57 Å². The van der Waals surface area contributed by atoms with E-state index in [4.69, 9.17) is 0 Å². The number of halogens is 1. The van der Waals surface area contributed by atoms with E-state index in [1.165, 1.54) is 21.5 Å². The highest BCUT2D eigenvalue weighted by molar-refractivity contribution is 9.10. The maximum Gasteiger partial charge on any atom is 0.160 e. The van der Waals surface area contributed by atoms with E-state index in [2.05, 4.69) is 97.4 Å². The van der Waals surface area contributed by atoms with Crippen molar-refractivity contribution in [2.24, 2.45) is 0 Å². The Labute approximate surface area is 169 Å². The van der Waals surface area contributed by atoms with Gasteiger partial charge in [-0.1, -0.05) is 70.5 Å². The van der Waals surface area contributed by atoms with E-state index in [1.54, 1.807) is 0 Å². The first-order chi connectivity index (χ1) is 13.8. The smallest absolute Gasteiger partial charge is 0.160 e. The predicted molar refractivity (Wildman–Crippen MR) is 119 cm³/mol. The molecule has 0 saturated heterocycles. The van der Waals surface area contributed by atoms with E-state index >= 15 is 0 Å². The van der Waals surface area contributed by atoms with Crippen LogP contribution in [-0.2, 0) is 0 Å². The standard InChI is InChI=1S/C24H14BrN3/c25-17-10-11-19-22(14-17)28(23-13-16-6-2-4-8-20(16)26-27-23)21-12-9-15-5-1-3-7-18(15)24(19)21/h1-14H. The Balaban J connectivity index is 1.82. The number of benzene rings is 4. The second kappa shape index (κ2) is 5.88. The molecule has 4 aromatic carbocycles. The molecular weight excluding hydrogens is 410 g/mol. The van der Waals surface area contributed by atoms with E-state index in [0.717, 1.165) is 32.2 Å². The third-order valence-corrected chi connectivity index (χ3v) is 5.82. The van der Waals surface area contributed by atoms with Crippen molar-refractivity contribution in [2.75, 3.05) is 0 Å². The number of rotatable bonds is 1. The fourth-order valence-corrected chi connectivity index (χ4v) is 4.44. The van der Waals surface area contributed by atoms with Crippen molar-refractivity contribution in [3.05, 3.63) is 89.4 Å². The first kappa shape index (κ1) is 15.8. The van der Waals surface area contributed by atoms with Crippen molar-refractivity contribution in [3.8, 4) is 5.82 Å². The topological polar surface area (TPSA) is 30.7 Å². The molecule has 0 bridgehead atoms. The molecule has 0 aliphatic heterocycles. The Morgan fingerprint density at radius 1 is 0.643 bits per heavy atom. The highest BCUT2D eigenvalue weighted by Crippen LogP contribution is 2.37. The average molecular weight is 424 g/mol. The molecule has 3 nitrogen and oxygen atoms in total. The average Bonchev–Trinajstić information content (AvgIpc) is 3.07. The molecule has 6 aromatic rings. The molecule has 0 saturated carbocycles. The van der Waals surface area contributed by atoms with Crippen LogP contribution in [0.2, 0.25) is 0 Å². The lowest BCUT2D eigenvalue weighted by atomic mass is 10.0. The summed E-state index contributed by atoms with van der Waals surface area (Å²) in [6, 6.07) is 29.5. The van der Waals surface area contributed by atoms with Gasteiger partial charge in [-0.05, 0) is 41.1 Å². The van der Waals surface area contributed by atoms with Crippen LogP contribution < -0.4 is 0 Å². The van der Waals surface area contributed by atoms with E-state index in [0.29, 0.717) is 0 Å². The van der Waals surface area contributed by atoms with Crippen molar-refractivity contribution < 1.29 is 0 Å². The third-order valence-electron chi connectivity index (χ3n) is 5.33. The van der Waals surface area contributed by atoms with Crippen LogP contribution >= 0.6 is 15.9 Å². The zero-order valence-electron chi connectivity index (χ0n) is 14.8. The Hall–Kier alpha value is -3.24. The molecule has 0 atom stereocenters. The maximum atomic E-state index is 4.56. The molecule has 4 heteroatoms. The van der Waals surface area contributed by atoms with Gasteiger partial charge < -0.3 is 0 Å². The van der Waals surface area contributed by atoms with E-state index in [-0.39, 0.29) is 0 Å². The molecule has 0 fully saturated rings. The normalized spacial score (nSPS) is 11.8. The van der Waals surface area contributed by atoms with Crippen LogP contribution in [0, 0.1) is 0 Å². The summed E-state index contributed by atoms with van der Waals surface area (Å²) in [6.07, 6.45) is 0. The molecule has 28 heavy (non-hydrogen) atoms. The third kappa shape index (κ3) is 2.21. The summed E-state index contributed by atoms with van der Waals surface area (Å²) in [4.78, 5) is 0. The molecule has 0 N–H and O–H groups in total. The first-order valence-electron chi connectivity index (χ1n) is 9.14. The number of nitrogens with zero attached hydrogens (tertiary/aromatic N) is 3. The fraction of sp³-hybridized carbons (Fsp3) is 0. The van der Waals surface area contributed by atoms with Crippen LogP contribution in [0.1, 0.15) is 0 Å². The molecular formula is C24H14BrN3. The summed E-state index contributed by atoms with van der Waals surface area (Å²) in [7, 11) is 0.